The van der Waals surface area contributed by atoms with E-state index in [2.05, 4.69) is 84.9 Å². The Kier molecular flexibility index (Phi) is 5.60. The largest absolute Gasteiger partial charge is 0.330 e. The fourth-order valence-electron chi connectivity index (χ4n) is 2.88. The van der Waals surface area contributed by atoms with Gasteiger partial charge >= 0.3 is 0 Å². The maximum atomic E-state index is 6.00. The minimum Gasteiger partial charge on any atom is -0.330 e. The van der Waals surface area contributed by atoms with Crippen molar-refractivity contribution in [1.29, 1.82) is 0 Å². The van der Waals surface area contributed by atoms with Crippen LogP contribution < -0.4 is 5.73 Å². The number of hydrogen-bond donors (Lipinski definition) is 1. The fourth-order valence-corrected chi connectivity index (χ4v) is 2.88. The van der Waals surface area contributed by atoms with Gasteiger partial charge in [0.1, 0.15) is 0 Å². The Labute approximate surface area is 144 Å². The summed E-state index contributed by atoms with van der Waals surface area (Å²) < 4.78 is 0. The van der Waals surface area contributed by atoms with Gasteiger partial charge in [0.25, 0.3) is 0 Å². The average molecular weight is 313 g/mol. The Bertz CT molecular complexity index is 758. The molecule has 2 N–H and O–H groups in total. The molecule has 120 valence electrons. The van der Waals surface area contributed by atoms with Crippen LogP contribution in [0.3, 0.4) is 0 Å². The second kappa shape index (κ2) is 8.28. The lowest BCUT2D eigenvalue weighted by atomic mass is 9.93. The molecule has 3 aromatic carbocycles. The highest BCUT2D eigenvalue weighted by Gasteiger charge is 2.08. The van der Waals surface area contributed by atoms with E-state index in [0.717, 1.165) is 6.42 Å². The second-order valence-corrected chi connectivity index (χ2v) is 5.97. The Morgan fingerprint density at radius 3 is 1.92 bits per heavy atom. The summed E-state index contributed by atoms with van der Waals surface area (Å²) in [5, 5.41) is 0. The summed E-state index contributed by atoms with van der Waals surface area (Å²) in [7, 11) is 0. The van der Waals surface area contributed by atoms with Crippen molar-refractivity contribution >= 4 is 6.08 Å². The van der Waals surface area contributed by atoms with Gasteiger partial charge in [-0.3, -0.25) is 0 Å². The van der Waals surface area contributed by atoms with Crippen molar-refractivity contribution in [2.45, 2.75) is 12.3 Å². The van der Waals surface area contributed by atoms with E-state index < -0.39 is 0 Å². The Balaban J connectivity index is 1.68. The average Bonchev–Trinajstić information content (AvgIpc) is 2.67. The normalized spacial score (nSPS) is 12.4. The zero-order valence-corrected chi connectivity index (χ0v) is 13.8. The van der Waals surface area contributed by atoms with Crippen LogP contribution in [0.15, 0.2) is 91.0 Å². The van der Waals surface area contributed by atoms with Crippen LogP contribution in [0.25, 0.3) is 17.2 Å². The van der Waals surface area contributed by atoms with E-state index in [1.165, 1.54) is 22.3 Å². The molecule has 0 fully saturated rings. The molecule has 24 heavy (non-hydrogen) atoms. The zero-order valence-electron chi connectivity index (χ0n) is 13.8. The summed E-state index contributed by atoms with van der Waals surface area (Å²) >= 11 is 0. The Morgan fingerprint density at radius 2 is 1.29 bits per heavy atom. The molecular formula is C23H23N. The maximum absolute atomic E-state index is 6.00. The number of nitrogens with two attached hydrogens (primary N) is 1. The first kappa shape index (κ1) is 16.2. The highest BCUT2D eigenvalue weighted by molar-refractivity contribution is 5.63. The molecule has 0 saturated heterocycles. The molecule has 1 atom stereocenters. The molecule has 0 aliphatic heterocycles. The van der Waals surface area contributed by atoms with Crippen molar-refractivity contribution in [3.63, 3.8) is 0 Å². The second-order valence-electron chi connectivity index (χ2n) is 5.97. The molecule has 1 unspecified atom stereocenters. The lowest BCUT2D eigenvalue weighted by Gasteiger charge is -2.14. The zero-order chi connectivity index (χ0) is 16.6. The van der Waals surface area contributed by atoms with Crippen LogP contribution in [-0.4, -0.2) is 6.54 Å². The van der Waals surface area contributed by atoms with Gasteiger partial charge in [-0.2, -0.15) is 0 Å². The molecule has 3 rings (SSSR count). The molecule has 0 aromatic heterocycles. The minimum atomic E-state index is 0.356. The first-order valence-electron chi connectivity index (χ1n) is 8.44. The van der Waals surface area contributed by atoms with Crippen LogP contribution in [0.2, 0.25) is 0 Å². The highest BCUT2D eigenvalue weighted by Crippen LogP contribution is 2.24. The monoisotopic (exact) mass is 313 g/mol. The van der Waals surface area contributed by atoms with Gasteiger partial charge in [-0.1, -0.05) is 97.1 Å². The van der Waals surface area contributed by atoms with Crippen LogP contribution in [0, 0.1) is 0 Å². The van der Waals surface area contributed by atoms with E-state index in [9.17, 15) is 0 Å². The van der Waals surface area contributed by atoms with Gasteiger partial charge in [-0.15, -0.1) is 0 Å². The van der Waals surface area contributed by atoms with Crippen molar-refractivity contribution in [3.05, 3.63) is 102 Å². The molecule has 0 aliphatic rings. The van der Waals surface area contributed by atoms with Crippen molar-refractivity contribution < 1.29 is 0 Å². The van der Waals surface area contributed by atoms with Gasteiger partial charge in [-0.25, -0.2) is 0 Å². The van der Waals surface area contributed by atoms with Gasteiger partial charge in [0, 0.05) is 0 Å². The van der Waals surface area contributed by atoms with Crippen LogP contribution in [0.1, 0.15) is 23.5 Å². The summed E-state index contributed by atoms with van der Waals surface area (Å²) in [5.41, 5.74) is 11.0. The third-order valence-electron chi connectivity index (χ3n) is 4.30. The molecule has 0 saturated carbocycles. The van der Waals surface area contributed by atoms with Gasteiger partial charge in [0.15, 0.2) is 0 Å². The topological polar surface area (TPSA) is 26.0 Å². The molecule has 0 radical (unpaired) electrons. The van der Waals surface area contributed by atoms with E-state index >= 15 is 0 Å². The molecule has 1 heteroatoms. The number of benzene rings is 3. The standard InChI is InChI=1S/C23H23N/c24-18-23(13-7-10-19-8-3-1-4-9-19)22-16-14-21(15-17-22)20-11-5-2-6-12-20/h1-12,14-17,23H,13,18,24H2. The van der Waals surface area contributed by atoms with Crippen LogP contribution in [0.5, 0.6) is 0 Å². The molecule has 0 amide bonds. The van der Waals surface area contributed by atoms with E-state index in [1.807, 2.05) is 12.1 Å². The summed E-state index contributed by atoms with van der Waals surface area (Å²) in [4.78, 5) is 0. The third kappa shape index (κ3) is 4.21. The first-order valence-corrected chi connectivity index (χ1v) is 8.44. The molecule has 1 nitrogen and oxygen atoms in total. The molecule has 0 heterocycles. The lowest BCUT2D eigenvalue weighted by molar-refractivity contribution is 0.711. The number of hydrogen-bond acceptors (Lipinski definition) is 1. The molecule has 0 bridgehead atoms. The summed E-state index contributed by atoms with van der Waals surface area (Å²) in [6.07, 6.45) is 5.34. The minimum absolute atomic E-state index is 0.356. The number of rotatable bonds is 6. The van der Waals surface area contributed by atoms with E-state index in [0.29, 0.717) is 12.5 Å². The predicted octanol–water partition coefficient (Wildman–Crippen LogP) is 5.50. The van der Waals surface area contributed by atoms with Crippen molar-refractivity contribution in [3.8, 4) is 11.1 Å². The van der Waals surface area contributed by atoms with Crippen molar-refractivity contribution in [1.82, 2.24) is 0 Å². The maximum Gasteiger partial charge on any atom is -0.000421 e. The summed E-state index contributed by atoms with van der Waals surface area (Å²) in [6, 6.07) is 29.6. The highest BCUT2D eigenvalue weighted by atomic mass is 14.5. The van der Waals surface area contributed by atoms with Crippen LogP contribution in [-0.2, 0) is 0 Å². The molecule has 0 aliphatic carbocycles. The van der Waals surface area contributed by atoms with Crippen molar-refractivity contribution in [2.75, 3.05) is 6.54 Å². The van der Waals surface area contributed by atoms with Gasteiger partial charge < -0.3 is 5.73 Å². The first-order chi connectivity index (χ1) is 11.9. The Morgan fingerprint density at radius 1 is 0.708 bits per heavy atom. The van der Waals surface area contributed by atoms with Crippen molar-refractivity contribution in [2.24, 2.45) is 5.73 Å². The van der Waals surface area contributed by atoms with Crippen LogP contribution in [0.4, 0.5) is 0 Å². The lowest BCUT2D eigenvalue weighted by Crippen LogP contribution is -2.11. The van der Waals surface area contributed by atoms with E-state index in [-0.39, 0.29) is 0 Å². The third-order valence-corrected chi connectivity index (χ3v) is 4.30. The van der Waals surface area contributed by atoms with E-state index in [1.54, 1.807) is 0 Å². The van der Waals surface area contributed by atoms with Gasteiger partial charge in [-0.05, 0) is 41.1 Å². The van der Waals surface area contributed by atoms with Gasteiger partial charge in [0.05, 0.1) is 0 Å². The predicted molar refractivity (Wildman–Crippen MR) is 104 cm³/mol. The van der Waals surface area contributed by atoms with Gasteiger partial charge in [0.2, 0.25) is 0 Å². The fraction of sp³-hybridized carbons (Fsp3) is 0.130. The van der Waals surface area contributed by atoms with Crippen LogP contribution >= 0.6 is 0 Å². The number of allylic oxidation sites excluding steroid dienone is 1. The quantitative estimate of drug-likeness (QED) is 0.639. The SMILES string of the molecule is NCC(CC=Cc1ccccc1)c1ccc(-c2ccccc2)cc1. The molecular weight excluding hydrogens is 290 g/mol. The van der Waals surface area contributed by atoms with E-state index in [4.69, 9.17) is 5.73 Å². The molecule has 3 aromatic rings. The summed E-state index contributed by atoms with van der Waals surface area (Å²) in [6.45, 7) is 0.657. The molecule has 0 spiro atoms. The summed E-state index contributed by atoms with van der Waals surface area (Å²) in [5.74, 6) is 0.356. The smallest absolute Gasteiger partial charge is 0.000421 e. The Hall–Kier alpha value is -2.64.